The Morgan fingerprint density at radius 3 is 2.38 bits per heavy atom. The molecule has 1 amide bonds. The van der Waals surface area contributed by atoms with Gasteiger partial charge in [-0.2, -0.15) is 0 Å². The predicted octanol–water partition coefficient (Wildman–Crippen LogP) is 5.08. The number of para-hydroxylation sites is 1. The molecule has 0 aliphatic rings. The number of fused-ring (bicyclic) bond motifs is 1. The number of benzene rings is 3. The maximum atomic E-state index is 13.0. The molecule has 8 nitrogen and oxygen atoms in total. The van der Waals surface area contributed by atoms with Crippen LogP contribution in [-0.2, 0) is 16.0 Å². The molecular weight excluding hydrogens is 498 g/mol. The zero-order chi connectivity index (χ0) is 27.8. The van der Waals surface area contributed by atoms with Gasteiger partial charge in [0, 0.05) is 17.7 Å². The van der Waals surface area contributed by atoms with E-state index in [0.717, 1.165) is 11.1 Å². The molecule has 1 N–H and O–H groups in total. The van der Waals surface area contributed by atoms with Crippen molar-refractivity contribution in [2.24, 2.45) is 0 Å². The van der Waals surface area contributed by atoms with Gasteiger partial charge in [-0.1, -0.05) is 42.5 Å². The summed E-state index contributed by atoms with van der Waals surface area (Å²) in [6.07, 6.45) is 0.558. The zero-order valence-corrected chi connectivity index (χ0v) is 22.2. The lowest BCUT2D eigenvalue weighted by Gasteiger charge is -2.13. The second-order valence-electron chi connectivity index (χ2n) is 8.76. The highest BCUT2D eigenvalue weighted by Crippen LogP contribution is 2.29. The number of rotatable bonds is 11. The van der Waals surface area contributed by atoms with Crippen LogP contribution in [0.5, 0.6) is 11.5 Å². The molecule has 0 aliphatic carbocycles. The summed E-state index contributed by atoms with van der Waals surface area (Å²) in [7, 11) is 0. The summed E-state index contributed by atoms with van der Waals surface area (Å²) in [6.45, 7) is 6.42. The molecule has 0 spiro atoms. The first kappa shape index (κ1) is 27.4. The van der Waals surface area contributed by atoms with Crippen molar-refractivity contribution in [3.05, 3.63) is 93.6 Å². The predicted molar refractivity (Wildman–Crippen MR) is 148 cm³/mol. The highest BCUT2D eigenvalue weighted by atomic mass is 16.5. The van der Waals surface area contributed by atoms with Crippen molar-refractivity contribution in [2.75, 3.05) is 26.4 Å². The lowest BCUT2D eigenvalue weighted by Crippen LogP contribution is -2.30. The molecule has 202 valence electrons. The van der Waals surface area contributed by atoms with Crippen molar-refractivity contribution < 1.29 is 28.2 Å². The molecule has 0 saturated carbocycles. The summed E-state index contributed by atoms with van der Waals surface area (Å²) in [6, 6.07) is 19.5. The maximum Gasteiger partial charge on any atom is 0.342 e. The molecule has 39 heavy (non-hydrogen) atoms. The van der Waals surface area contributed by atoms with Gasteiger partial charge in [-0.05, 0) is 57.0 Å². The fourth-order valence-corrected chi connectivity index (χ4v) is 4.19. The van der Waals surface area contributed by atoms with Gasteiger partial charge >= 0.3 is 5.97 Å². The normalized spacial score (nSPS) is 10.7. The van der Waals surface area contributed by atoms with Gasteiger partial charge in [0.2, 0.25) is 0 Å². The van der Waals surface area contributed by atoms with E-state index in [4.69, 9.17) is 18.6 Å². The van der Waals surface area contributed by atoms with E-state index in [2.05, 4.69) is 5.32 Å². The first-order chi connectivity index (χ1) is 18.9. The van der Waals surface area contributed by atoms with E-state index in [9.17, 15) is 14.4 Å². The van der Waals surface area contributed by atoms with Crippen LogP contribution >= 0.6 is 0 Å². The molecule has 4 aromatic rings. The van der Waals surface area contributed by atoms with Crippen molar-refractivity contribution in [1.29, 1.82) is 0 Å². The lowest BCUT2D eigenvalue weighted by molar-refractivity contribution is -0.124. The minimum Gasteiger partial charge on any atom is -0.490 e. The molecule has 4 rings (SSSR count). The number of hydrogen-bond donors (Lipinski definition) is 1. The van der Waals surface area contributed by atoms with Gasteiger partial charge in [-0.3, -0.25) is 9.59 Å². The molecule has 1 heterocycles. The standard InChI is InChI=1S/C31H31NO7/c1-4-36-25-15-14-21(18-26(25)37-5-2)16-17-32-27(33)19-38-31(35)24-13-9-12-23-28(34)20(3)29(39-30(23)24)22-10-7-6-8-11-22/h6-15,18H,4-5,16-17,19H2,1-3H3,(H,32,33). The molecule has 0 atom stereocenters. The van der Waals surface area contributed by atoms with Crippen molar-refractivity contribution in [3.8, 4) is 22.8 Å². The monoisotopic (exact) mass is 529 g/mol. The van der Waals surface area contributed by atoms with Gasteiger partial charge in [0.05, 0.1) is 18.6 Å². The second-order valence-corrected chi connectivity index (χ2v) is 8.76. The van der Waals surface area contributed by atoms with E-state index in [-0.39, 0.29) is 22.0 Å². The Kier molecular flexibility index (Phi) is 8.99. The van der Waals surface area contributed by atoms with Gasteiger partial charge in [-0.25, -0.2) is 4.79 Å². The Morgan fingerprint density at radius 1 is 0.897 bits per heavy atom. The van der Waals surface area contributed by atoms with Crippen LogP contribution in [0.25, 0.3) is 22.3 Å². The zero-order valence-electron chi connectivity index (χ0n) is 22.2. The summed E-state index contributed by atoms with van der Waals surface area (Å²) in [5.74, 6) is 0.517. The molecule has 1 aromatic heterocycles. The van der Waals surface area contributed by atoms with Crippen molar-refractivity contribution in [1.82, 2.24) is 5.32 Å². The van der Waals surface area contributed by atoms with Crippen LogP contribution in [0, 0.1) is 6.92 Å². The lowest BCUT2D eigenvalue weighted by atomic mass is 10.0. The van der Waals surface area contributed by atoms with Crippen LogP contribution in [0.4, 0.5) is 0 Å². The summed E-state index contributed by atoms with van der Waals surface area (Å²) >= 11 is 0. The van der Waals surface area contributed by atoms with E-state index in [1.54, 1.807) is 19.1 Å². The molecule has 0 fully saturated rings. The number of carbonyl (C=O) groups excluding carboxylic acids is 2. The molecule has 0 bridgehead atoms. The van der Waals surface area contributed by atoms with E-state index >= 15 is 0 Å². The fourth-order valence-electron chi connectivity index (χ4n) is 4.19. The maximum absolute atomic E-state index is 13.0. The summed E-state index contributed by atoms with van der Waals surface area (Å²) in [5.41, 5.74) is 2.10. The number of amides is 1. The van der Waals surface area contributed by atoms with Crippen LogP contribution in [0.1, 0.15) is 35.3 Å². The van der Waals surface area contributed by atoms with E-state index < -0.39 is 18.5 Å². The largest absolute Gasteiger partial charge is 0.490 e. The average Bonchev–Trinajstić information content (AvgIpc) is 2.95. The van der Waals surface area contributed by atoms with Crippen LogP contribution < -0.4 is 20.2 Å². The fraction of sp³-hybridized carbons (Fsp3) is 0.258. The van der Waals surface area contributed by atoms with Crippen molar-refractivity contribution >= 4 is 22.8 Å². The Hall–Kier alpha value is -4.59. The Morgan fingerprint density at radius 2 is 1.64 bits per heavy atom. The molecule has 0 unspecified atom stereocenters. The Labute approximate surface area is 226 Å². The van der Waals surface area contributed by atoms with Crippen LogP contribution in [0.3, 0.4) is 0 Å². The van der Waals surface area contributed by atoms with Gasteiger partial charge in [-0.15, -0.1) is 0 Å². The number of esters is 1. The minimum absolute atomic E-state index is 0.0763. The van der Waals surface area contributed by atoms with Gasteiger partial charge in [0.1, 0.15) is 11.3 Å². The van der Waals surface area contributed by atoms with Gasteiger partial charge in [0.25, 0.3) is 5.91 Å². The quantitative estimate of drug-likeness (QED) is 0.270. The Bertz CT molecular complexity index is 1530. The van der Waals surface area contributed by atoms with Crippen molar-refractivity contribution in [2.45, 2.75) is 27.2 Å². The van der Waals surface area contributed by atoms with Crippen molar-refractivity contribution in [3.63, 3.8) is 0 Å². The third kappa shape index (κ3) is 6.46. The minimum atomic E-state index is -0.755. The second kappa shape index (κ2) is 12.8. The topological polar surface area (TPSA) is 104 Å². The molecule has 0 saturated heterocycles. The summed E-state index contributed by atoms with van der Waals surface area (Å²) < 4.78 is 22.5. The van der Waals surface area contributed by atoms with E-state index in [1.807, 2.05) is 62.4 Å². The van der Waals surface area contributed by atoms with E-state index in [0.29, 0.717) is 49.0 Å². The van der Waals surface area contributed by atoms with E-state index in [1.165, 1.54) is 6.07 Å². The number of ether oxygens (including phenoxy) is 3. The third-order valence-electron chi connectivity index (χ3n) is 6.08. The first-order valence-electron chi connectivity index (χ1n) is 12.9. The highest BCUT2D eigenvalue weighted by molar-refractivity contribution is 6.02. The smallest absolute Gasteiger partial charge is 0.342 e. The molecular formula is C31H31NO7. The Balaban J connectivity index is 1.40. The third-order valence-corrected chi connectivity index (χ3v) is 6.08. The molecule has 8 heteroatoms. The van der Waals surface area contributed by atoms with Crippen LogP contribution in [0.2, 0.25) is 0 Å². The SMILES string of the molecule is CCOc1ccc(CCNC(=O)COC(=O)c2cccc3c(=O)c(C)c(-c4ccccc4)oc23)cc1OCC. The molecule has 3 aromatic carbocycles. The van der Waals surface area contributed by atoms with Gasteiger partial charge < -0.3 is 23.9 Å². The average molecular weight is 530 g/mol. The highest BCUT2D eigenvalue weighted by Gasteiger charge is 2.20. The van der Waals surface area contributed by atoms with Gasteiger partial charge in [0.15, 0.2) is 29.1 Å². The first-order valence-corrected chi connectivity index (χ1v) is 12.9. The molecule has 0 aliphatic heterocycles. The summed E-state index contributed by atoms with van der Waals surface area (Å²) in [4.78, 5) is 38.3. The number of nitrogens with one attached hydrogen (secondary N) is 1. The molecule has 0 radical (unpaired) electrons. The van der Waals surface area contributed by atoms with Crippen LogP contribution in [-0.4, -0.2) is 38.2 Å². The summed E-state index contributed by atoms with van der Waals surface area (Å²) in [5, 5.41) is 3.02. The number of hydrogen-bond acceptors (Lipinski definition) is 7. The number of carbonyl (C=O) groups is 2. The van der Waals surface area contributed by atoms with Crippen LogP contribution in [0.15, 0.2) is 75.9 Å².